The molecular weight excluding hydrogens is 372 g/mol. The Labute approximate surface area is 149 Å². The van der Waals surface area contributed by atoms with E-state index in [-0.39, 0.29) is 5.13 Å². The van der Waals surface area contributed by atoms with E-state index in [1.807, 2.05) is 6.07 Å². The van der Waals surface area contributed by atoms with Crippen molar-refractivity contribution in [3.05, 3.63) is 64.5 Å². The summed E-state index contributed by atoms with van der Waals surface area (Å²) in [5, 5.41) is 3.77. The van der Waals surface area contributed by atoms with E-state index < -0.39 is 40.5 Å². The Morgan fingerprint density at radius 3 is 2.23 bits per heavy atom. The SMILES string of the molecule is COc1c(F)c(F)c(C(=O)Nc2nc(-c3ccccc3)cs2)c(F)c1F. The van der Waals surface area contributed by atoms with Crippen molar-refractivity contribution in [1.82, 2.24) is 4.98 Å². The van der Waals surface area contributed by atoms with Crippen LogP contribution in [0.1, 0.15) is 10.4 Å². The van der Waals surface area contributed by atoms with Gasteiger partial charge in [-0.1, -0.05) is 30.3 Å². The highest BCUT2D eigenvalue weighted by Crippen LogP contribution is 2.31. The zero-order valence-electron chi connectivity index (χ0n) is 13.1. The molecule has 0 fully saturated rings. The Bertz CT molecular complexity index is 947. The van der Waals surface area contributed by atoms with Crippen LogP contribution in [0.15, 0.2) is 35.7 Å². The number of hydrogen-bond donors (Lipinski definition) is 1. The van der Waals surface area contributed by atoms with Crippen molar-refractivity contribution in [3.63, 3.8) is 0 Å². The summed E-state index contributed by atoms with van der Waals surface area (Å²) >= 11 is 0.995. The standard InChI is InChI=1S/C17H10F4N2O2S/c1-25-15-13(20)11(18)10(12(19)14(15)21)16(24)23-17-22-9(7-26-17)8-5-3-2-4-6-8/h2-7H,1H3,(H,22,23,24). The maximum Gasteiger partial charge on any atom is 0.263 e. The summed E-state index contributed by atoms with van der Waals surface area (Å²) in [4.78, 5) is 16.2. The number of thiazole rings is 1. The van der Waals surface area contributed by atoms with Gasteiger partial charge in [0.15, 0.2) is 22.5 Å². The molecule has 2 aromatic carbocycles. The fraction of sp³-hybridized carbons (Fsp3) is 0.0588. The molecule has 0 saturated heterocycles. The Morgan fingerprint density at radius 1 is 1.04 bits per heavy atom. The molecule has 0 spiro atoms. The monoisotopic (exact) mass is 382 g/mol. The number of amides is 1. The number of halogens is 4. The van der Waals surface area contributed by atoms with Gasteiger partial charge >= 0.3 is 0 Å². The van der Waals surface area contributed by atoms with E-state index in [9.17, 15) is 22.4 Å². The minimum absolute atomic E-state index is 0.0179. The molecule has 26 heavy (non-hydrogen) atoms. The highest BCUT2D eigenvalue weighted by atomic mass is 32.1. The van der Waals surface area contributed by atoms with Crippen molar-refractivity contribution in [3.8, 4) is 17.0 Å². The number of hydrogen-bond acceptors (Lipinski definition) is 4. The van der Waals surface area contributed by atoms with Crippen molar-refractivity contribution < 1.29 is 27.1 Å². The van der Waals surface area contributed by atoms with Crippen molar-refractivity contribution >= 4 is 22.4 Å². The Kier molecular flexibility index (Phi) is 4.90. The normalized spacial score (nSPS) is 10.7. The molecule has 4 nitrogen and oxygen atoms in total. The molecule has 9 heteroatoms. The number of rotatable bonds is 4. The van der Waals surface area contributed by atoms with Crippen LogP contribution >= 0.6 is 11.3 Å². The molecule has 0 radical (unpaired) electrons. The predicted molar refractivity (Wildman–Crippen MR) is 88.3 cm³/mol. The van der Waals surface area contributed by atoms with Crippen LogP contribution in [0.3, 0.4) is 0 Å². The van der Waals surface area contributed by atoms with Gasteiger partial charge < -0.3 is 4.74 Å². The van der Waals surface area contributed by atoms with Crippen LogP contribution in [0.25, 0.3) is 11.3 Å². The third-order valence-electron chi connectivity index (χ3n) is 3.45. The zero-order chi connectivity index (χ0) is 18.8. The second-order valence-corrected chi connectivity index (χ2v) is 5.88. The van der Waals surface area contributed by atoms with Gasteiger partial charge in [-0.25, -0.2) is 13.8 Å². The maximum absolute atomic E-state index is 14.0. The second kappa shape index (κ2) is 7.12. The van der Waals surface area contributed by atoms with Gasteiger partial charge in [0, 0.05) is 10.9 Å². The number of benzene rings is 2. The lowest BCUT2D eigenvalue weighted by molar-refractivity contribution is 0.101. The molecule has 134 valence electrons. The summed E-state index contributed by atoms with van der Waals surface area (Å²) in [6.45, 7) is 0. The molecule has 1 N–H and O–H groups in total. The number of carbonyl (C=O) groups is 1. The first-order chi connectivity index (χ1) is 12.4. The van der Waals surface area contributed by atoms with Crippen LogP contribution in [0.5, 0.6) is 5.75 Å². The molecule has 0 bridgehead atoms. The minimum Gasteiger partial charge on any atom is -0.491 e. The van der Waals surface area contributed by atoms with E-state index >= 15 is 0 Å². The maximum atomic E-state index is 14.0. The molecule has 3 rings (SSSR count). The number of methoxy groups -OCH3 is 1. The van der Waals surface area contributed by atoms with Crippen LogP contribution < -0.4 is 10.1 Å². The van der Waals surface area contributed by atoms with Gasteiger partial charge in [0.25, 0.3) is 5.91 Å². The van der Waals surface area contributed by atoms with Crippen molar-refractivity contribution in [2.45, 2.75) is 0 Å². The van der Waals surface area contributed by atoms with E-state index in [2.05, 4.69) is 15.0 Å². The lowest BCUT2D eigenvalue weighted by Gasteiger charge is -2.10. The van der Waals surface area contributed by atoms with Gasteiger partial charge in [0.2, 0.25) is 11.6 Å². The van der Waals surface area contributed by atoms with Gasteiger partial charge in [-0.15, -0.1) is 11.3 Å². The quantitative estimate of drug-likeness (QED) is 0.529. The number of carbonyl (C=O) groups excluding carboxylic acids is 1. The predicted octanol–water partition coefficient (Wildman–Crippen LogP) is 4.63. The van der Waals surface area contributed by atoms with Crippen LogP contribution in [0.2, 0.25) is 0 Å². The van der Waals surface area contributed by atoms with E-state index in [1.54, 1.807) is 29.6 Å². The average molecular weight is 382 g/mol. The first-order valence-corrected chi connectivity index (χ1v) is 8.04. The molecule has 0 saturated carbocycles. The lowest BCUT2D eigenvalue weighted by Crippen LogP contribution is -2.18. The van der Waals surface area contributed by atoms with Crippen molar-refractivity contribution in [1.29, 1.82) is 0 Å². The highest BCUT2D eigenvalue weighted by Gasteiger charge is 2.30. The molecule has 0 atom stereocenters. The van der Waals surface area contributed by atoms with E-state index in [0.717, 1.165) is 24.0 Å². The van der Waals surface area contributed by atoms with Crippen LogP contribution in [-0.2, 0) is 0 Å². The lowest BCUT2D eigenvalue weighted by atomic mass is 10.1. The molecule has 0 aliphatic heterocycles. The average Bonchev–Trinajstić information content (AvgIpc) is 3.10. The minimum atomic E-state index is -1.85. The number of ether oxygens (including phenoxy) is 1. The molecule has 0 aliphatic carbocycles. The molecule has 1 aromatic heterocycles. The van der Waals surface area contributed by atoms with Gasteiger partial charge in [0.05, 0.1) is 12.8 Å². The summed E-state index contributed by atoms with van der Waals surface area (Å²) < 4.78 is 59.7. The molecule has 0 unspecified atom stereocenters. The van der Waals surface area contributed by atoms with E-state index in [1.165, 1.54) is 0 Å². The van der Waals surface area contributed by atoms with Crippen molar-refractivity contribution in [2.24, 2.45) is 0 Å². The summed E-state index contributed by atoms with van der Waals surface area (Å²) in [7, 11) is 0.848. The highest BCUT2D eigenvalue weighted by molar-refractivity contribution is 7.14. The fourth-order valence-electron chi connectivity index (χ4n) is 2.22. The van der Waals surface area contributed by atoms with Crippen molar-refractivity contribution in [2.75, 3.05) is 12.4 Å². The third-order valence-corrected chi connectivity index (χ3v) is 4.21. The summed E-state index contributed by atoms with van der Waals surface area (Å²) in [5.74, 6) is -9.89. The zero-order valence-corrected chi connectivity index (χ0v) is 14.0. The topological polar surface area (TPSA) is 51.2 Å². The Balaban J connectivity index is 1.91. The Hall–Kier alpha value is -2.94. The van der Waals surface area contributed by atoms with Gasteiger partial charge in [-0.2, -0.15) is 8.78 Å². The second-order valence-electron chi connectivity index (χ2n) is 5.02. The largest absolute Gasteiger partial charge is 0.491 e. The summed E-state index contributed by atoms with van der Waals surface area (Å²) in [5.41, 5.74) is -0.0978. The van der Waals surface area contributed by atoms with E-state index in [4.69, 9.17) is 0 Å². The first-order valence-electron chi connectivity index (χ1n) is 7.16. The fourth-order valence-corrected chi connectivity index (χ4v) is 2.94. The first kappa shape index (κ1) is 17.9. The number of nitrogens with one attached hydrogen (secondary N) is 1. The molecule has 1 amide bonds. The summed E-state index contributed by atoms with van der Waals surface area (Å²) in [6.07, 6.45) is 0. The van der Waals surface area contributed by atoms with Gasteiger partial charge in [-0.05, 0) is 0 Å². The molecule has 3 aromatic rings. The number of aromatic nitrogens is 1. The van der Waals surface area contributed by atoms with Crippen LogP contribution in [0.4, 0.5) is 22.7 Å². The number of nitrogens with zero attached hydrogens (tertiary/aromatic N) is 1. The summed E-state index contributed by atoms with van der Waals surface area (Å²) in [6, 6.07) is 8.97. The smallest absolute Gasteiger partial charge is 0.263 e. The van der Waals surface area contributed by atoms with E-state index in [0.29, 0.717) is 5.69 Å². The molecular formula is C17H10F4N2O2S. The third kappa shape index (κ3) is 3.13. The number of anilines is 1. The van der Waals surface area contributed by atoms with Crippen LogP contribution in [0, 0.1) is 23.3 Å². The van der Waals surface area contributed by atoms with Gasteiger partial charge in [-0.3, -0.25) is 10.1 Å². The van der Waals surface area contributed by atoms with Crippen LogP contribution in [-0.4, -0.2) is 18.0 Å². The van der Waals surface area contributed by atoms with Gasteiger partial charge in [0.1, 0.15) is 5.56 Å². The molecule has 1 heterocycles. The Morgan fingerprint density at radius 2 is 1.65 bits per heavy atom. The molecule has 0 aliphatic rings.